The molecule has 5 nitrogen and oxygen atoms in total. The molecule has 0 saturated carbocycles. The Morgan fingerprint density at radius 3 is 2.94 bits per heavy atom. The smallest absolute Gasteiger partial charge is 0.246 e. The second-order valence-electron chi connectivity index (χ2n) is 4.42. The van der Waals surface area contributed by atoms with E-state index in [1.807, 2.05) is 6.92 Å². The molecule has 2 rings (SSSR count). The van der Waals surface area contributed by atoms with Crippen LogP contribution in [-0.4, -0.2) is 15.1 Å². The van der Waals surface area contributed by atoms with Crippen LogP contribution in [0.1, 0.15) is 32.6 Å². The Kier molecular flexibility index (Phi) is 3.63. The molecule has 0 fully saturated rings. The summed E-state index contributed by atoms with van der Waals surface area (Å²) in [6.45, 7) is 3.92. The van der Waals surface area contributed by atoms with Gasteiger partial charge in [0.25, 0.3) is 0 Å². The lowest BCUT2D eigenvalue weighted by Crippen LogP contribution is -2.33. The standard InChI is InChI=1S/C12H15ClN4O/c1-3-6-12(2,14)11-16-10(17-18-11)9-8(13)5-4-7-15-9/h4-5,7H,3,6,14H2,1-2H3. The molecular weight excluding hydrogens is 252 g/mol. The SMILES string of the molecule is CCCC(C)(N)c1nc(-c2ncccc2Cl)no1. The molecule has 0 aromatic carbocycles. The van der Waals surface area contributed by atoms with E-state index in [2.05, 4.69) is 22.0 Å². The second-order valence-corrected chi connectivity index (χ2v) is 4.83. The van der Waals surface area contributed by atoms with Crippen LogP contribution >= 0.6 is 11.6 Å². The summed E-state index contributed by atoms with van der Waals surface area (Å²) >= 11 is 6.03. The summed E-state index contributed by atoms with van der Waals surface area (Å²) in [5.74, 6) is 0.768. The summed E-state index contributed by atoms with van der Waals surface area (Å²) in [6, 6.07) is 3.48. The highest BCUT2D eigenvalue weighted by molar-refractivity contribution is 6.32. The van der Waals surface area contributed by atoms with E-state index in [4.69, 9.17) is 21.9 Å². The Bertz CT molecular complexity index is 538. The summed E-state index contributed by atoms with van der Waals surface area (Å²) < 4.78 is 5.21. The van der Waals surface area contributed by atoms with Crippen LogP contribution in [0.25, 0.3) is 11.5 Å². The molecule has 96 valence electrons. The molecule has 0 aliphatic rings. The van der Waals surface area contributed by atoms with E-state index in [-0.39, 0.29) is 0 Å². The van der Waals surface area contributed by atoms with Gasteiger partial charge in [-0.05, 0) is 25.5 Å². The van der Waals surface area contributed by atoms with Crippen molar-refractivity contribution in [2.24, 2.45) is 5.73 Å². The lowest BCUT2D eigenvalue weighted by Gasteiger charge is -2.18. The van der Waals surface area contributed by atoms with Gasteiger partial charge in [0.15, 0.2) is 0 Å². The summed E-state index contributed by atoms with van der Waals surface area (Å²) in [5.41, 5.74) is 6.01. The van der Waals surface area contributed by atoms with E-state index in [0.717, 1.165) is 12.8 Å². The first kappa shape index (κ1) is 13.0. The number of hydrogen-bond donors (Lipinski definition) is 1. The first-order valence-corrected chi connectivity index (χ1v) is 6.16. The van der Waals surface area contributed by atoms with E-state index < -0.39 is 5.54 Å². The predicted molar refractivity (Wildman–Crippen MR) is 69.0 cm³/mol. The number of rotatable bonds is 4. The molecule has 0 bridgehead atoms. The van der Waals surface area contributed by atoms with Gasteiger partial charge < -0.3 is 10.3 Å². The highest BCUT2D eigenvalue weighted by atomic mass is 35.5. The largest absolute Gasteiger partial charge is 0.337 e. The first-order valence-electron chi connectivity index (χ1n) is 5.78. The van der Waals surface area contributed by atoms with E-state index in [1.54, 1.807) is 18.3 Å². The fraction of sp³-hybridized carbons (Fsp3) is 0.417. The summed E-state index contributed by atoms with van der Waals surface area (Å²) in [7, 11) is 0. The summed E-state index contributed by atoms with van der Waals surface area (Å²) in [5, 5.41) is 4.37. The third-order valence-electron chi connectivity index (χ3n) is 2.65. The molecule has 2 N–H and O–H groups in total. The van der Waals surface area contributed by atoms with Gasteiger partial charge in [-0.25, -0.2) is 0 Å². The molecule has 0 saturated heterocycles. The topological polar surface area (TPSA) is 77.8 Å². The zero-order valence-electron chi connectivity index (χ0n) is 10.4. The molecule has 0 spiro atoms. The molecule has 18 heavy (non-hydrogen) atoms. The number of nitrogens with two attached hydrogens (primary N) is 1. The van der Waals surface area contributed by atoms with Gasteiger partial charge in [-0.1, -0.05) is 30.1 Å². The average Bonchev–Trinajstić information content (AvgIpc) is 2.79. The van der Waals surface area contributed by atoms with E-state index in [9.17, 15) is 0 Å². The molecule has 0 radical (unpaired) electrons. The highest BCUT2D eigenvalue weighted by Crippen LogP contribution is 2.26. The maximum Gasteiger partial charge on any atom is 0.246 e. The summed E-state index contributed by atoms with van der Waals surface area (Å²) in [6.07, 6.45) is 3.34. The zero-order valence-corrected chi connectivity index (χ0v) is 11.1. The maximum absolute atomic E-state index is 6.13. The van der Waals surface area contributed by atoms with Crippen molar-refractivity contribution in [1.82, 2.24) is 15.1 Å². The molecule has 2 aromatic rings. The van der Waals surface area contributed by atoms with Gasteiger partial charge >= 0.3 is 0 Å². The number of nitrogens with zero attached hydrogens (tertiary/aromatic N) is 3. The molecule has 2 heterocycles. The van der Waals surface area contributed by atoms with Crippen molar-refractivity contribution < 1.29 is 4.52 Å². The van der Waals surface area contributed by atoms with Crippen LogP contribution in [-0.2, 0) is 5.54 Å². The van der Waals surface area contributed by atoms with Gasteiger partial charge in [-0.15, -0.1) is 0 Å². The van der Waals surface area contributed by atoms with Crippen LogP contribution in [0, 0.1) is 0 Å². The van der Waals surface area contributed by atoms with Gasteiger partial charge in [0.05, 0.1) is 10.6 Å². The average molecular weight is 267 g/mol. The Morgan fingerprint density at radius 1 is 1.50 bits per heavy atom. The second kappa shape index (κ2) is 5.04. The van der Waals surface area contributed by atoms with E-state index in [1.165, 1.54) is 0 Å². The van der Waals surface area contributed by atoms with Crippen LogP contribution in [0.5, 0.6) is 0 Å². The van der Waals surface area contributed by atoms with Crippen LogP contribution in [0.2, 0.25) is 5.02 Å². The Labute approximate surface area is 110 Å². The minimum absolute atomic E-state index is 0.364. The molecule has 2 aromatic heterocycles. The van der Waals surface area contributed by atoms with Gasteiger partial charge in [0.2, 0.25) is 11.7 Å². The number of halogens is 1. The van der Waals surface area contributed by atoms with Gasteiger partial charge in [0, 0.05) is 6.20 Å². The Balaban J connectivity index is 2.34. The maximum atomic E-state index is 6.13. The predicted octanol–water partition coefficient (Wildman–Crippen LogP) is 2.76. The van der Waals surface area contributed by atoms with Crippen molar-refractivity contribution in [2.75, 3.05) is 0 Å². The number of pyridine rings is 1. The monoisotopic (exact) mass is 266 g/mol. The normalized spacial score (nSPS) is 14.4. The van der Waals surface area contributed by atoms with Crippen molar-refractivity contribution in [1.29, 1.82) is 0 Å². The van der Waals surface area contributed by atoms with Gasteiger partial charge in [-0.3, -0.25) is 4.98 Å². The van der Waals surface area contributed by atoms with Gasteiger partial charge in [-0.2, -0.15) is 4.98 Å². The highest BCUT2D eigenvalue weighted by Gasteiger charge is 2.28. The van der Waals surface area contributed by atoms with E-state index in [0.29, 0.717) is 22.4 Å². The summed E-state index contributed by atoms with van der Waals surface area (Å²) in [4.78, 5) is 8.41. The van der Waals surface area contributed by atoms with Crippen LogP contribution in [0.4, 0.5) is 0 Å². The molecule has 1 atom stereocenters. The quantitative estimate of drug-likeness (QED) is 0.921. The van der Waals surface area contributed by atoms with Crippen molar-refractivity contribution in [3.63, 3.8) is 0 Å². The fourth-order valence-corrected chi connectivity index (χ4v) is 1.93. The number of aromatic nitrogens is 3. The Morgan fingerprint density at radius 2 is 2.28 bits per heavy atom. The molecule has 6 heteroatoms. The lowest BCUT2D eigenvalue weighted by molar-refractivity contribution is 0.284. The molecular formula is C12H15ClN4O. The molecule has 0 aliphatic heterocycles. The third kappa shape index (κ3) is 2.52. The van der Waals surface area contributed by atoms with Crippen LogP contribution in [0.15, 0.2) is 22.9 Å². The van der Waals surface area contributed by atoms with Crippen LogP contribution in [0.3, 0.4) is 0 Å². The lowest BCUT2D eigenvalue weighted by atomic mass is 9.98. The minimum atomic E-state index is -0.624. The van der Waals surface area contributed by atoms with Crippen molar-refractivity contribution in [3.05, 3.63) is 29.2 Å². The number of hydrogen-bond acceptors (Lipinski definition) is 5. The van der Waals surface area contributed by atoms with Gasteiger partial charge in [0.1, 0.15) is 5.69 Å². The third-order valence-corrected chi connectivity index (χ3v) is 2.96. The van der Waals surface area contributed by atoms with Crippen molar-refractivity contribution in [2.45, 2.75) is 32.2 Å². The molecule has 0 amide bonds. The van der Waals surface area contributed by atoms with Crippen molar-refractivity contribution >= 4 is 11.6 Å². The zero-order chi connectivity index (χ0) is 13.2. The van der Waals surface area contributed by atoms with Crippen molar-refractivity contribution in [3.8, 4) is 11.5 Å². The molecule has 1 unspecified atom stereocenters. The first-order chi connectivity index (χ1) is 8.54. The van der Waals surface area contributed by atoms with E-state index >= 15 is 0 Å². The fourth-order valence-electron chi connectivity index (χ4n) is 1.73. The molecule has 0 aliphatic carbocycles. The minimum Gasteiger partial charge on any atom is -0.337 e. The Hall–Kier alpha value is -1.46. The van der Waals surface area contributed by atoms with Crippen LogP contribution < -0.4 is 5.73 Å².